The number of aryl methyl sites for hydroxylation is 1. The highest BCUT2D eigenvalue weighted by molar-refractivity contribution is 7.15. The summed E-state index contributed by atoms with van der Waals surface area (Å²) in [5, 5.41) is 13.4. The zero-order valence-electron chi connectivity index (χ0n) is 13.3. The molecule has 2 N–H and O–H groups in total. The lowest BCUT2D eigenvalue weighted by atomic mass is 10.0. The maximum absolute atomic E-state index is 12.2. The molecule has 126 valence electrons. The van der Waals surface area contributed by atoms with Gasteiger partial charge in [-0.15, -0.1) is 11.3 Å². The average Bonchev–Trinajstić information content (AvgIpc) is 2.95. The van der Waals surface area contributed by atoms with E-state index < -0.39 is 17.8 Å². The van der Waals surface area contributed by atoms with Crippen LogP contribution in [0.3, 0.4) is 0 Å². The standard InChI is InChI=1S/C17H17NO5S/c1-10-4-3-5-11(8-10)12-9-24-16(15(12)17(22)23-2)18-13(19)6-7-14(20)21/h3-5,8-9H,6-7H2,1-2H3,(H,18,19)(H,20,21). The number of carboxylic acids is 1. The third-order valence-corrected chi connectivity index (χ3v) is 4.22. The fourth-order valence-electron chi connectivity index (χ4n) is 2.19. The Kier molecular flexibility index (Phi) is 5.70. The number of ether oxygens (including phenoxy) is 1. The highest BCUT2D eigenvalue weighted by Crippen LogP contribution is 2.36. The van der Waals surface area contributed by atoms with E-state index >= 15 is 0 Å². The summed E-state index contributed by atoms with van der Waals surface area (Å²) in [6.45, 7) is 1.95. The minimum Gasteiger partial charge on any atom is -0.481 e. The van der Waals surface area contributed by atoms with Crippen LogP contribution in [0.5, 0.6) is 0 Å². The highest BCUT2D eigenvalue weighted by Gasteiger charge is 2.22. The van der Waals surface area contributed by atoms with Gasteiger partial charge in [-0.2, -0.15) is 0 Å². The normalized spacial score (nSPS) is 10.2. The van der Waals surface area contributed by atoms with Crippen molar-refractivity contribution in [2.45, 2.75) is 19.8 Å². The summed E-state index contributed by atoms with van der Waals surface area (Å²) in [4.78, 5) is 34.6. The molecule has 1 aromatic carbocycles. The van der Waals surface area contributed by atoms with Gasteiger partial charge in [-0.3, -0.25) is 9.59 Å². The number of carbonyl (C=O) groups is 3. The second kappa shape index (κ2) is 7.74. The van der Waals surface area contributed by atoms with Crippen molar-refractivity contribution >= 4 is 34.2 Å². The molecule has 1 heterocycles. The number of nitrogens with one attached hydrogen (secondary N) is 1. The van der Waals surface area contributed by atoms with Crippen LogP contribution >= 0.6 is 11.3 Å². The number of esters is 1. The largest absolute Gasteiger partial charge is 0.481 e. The summed E-state index contributed by atoms with van der Waals surface area (Å²) in [5.74, 6) is -2.06. The van der Waals surface area contributed by atoms with Crippen LogP contribution in [-0.2, 0) is 14.3 Å². The number of thiophene rings is 1. The highest BCUT2D eigenvalue weighted by atomic mass is 32.1. The molecule has 2 rings (SSSR count). The van der Waals surface area contributed by atoms with Gasteiger partial charge in [0.15, 0.2) is 0 Å². The van der Waals surface area contributed by atoms with Gasteiger partial charge in [0.2, 0.25) is 5.91 Å². The fraction of sp³-hybridized carbons (Fsp3) is 0.235. The Morgan fingerprint density at radius 1 is 1.25 bits per heavy atom. The van der Waals surface area contributed by atoms with Gasteiger partial charge in [0.25, 0.3) is 0 Å². The molecule has 24 heavy (non-hydrogen) atoms. The first kappa shape index (κ1) is 17.7. The first-order valence-electron chi connectivity index (χ1n) is 7.21. The van der Waals surface area contributed by atoms with E-state index in [0.29, 0.717) is 10.6 Å². The third kappa shape index (κ3) is 4.20. The lowest BCUT2D eigenvalue weighted by Gasteiger charge is -2.08. The topological polar surface area (TPSA) is 92.7 Å². The number of amides is 1. The molecule has 1 amide bonds. The Balaban J connectivity index is 2.34. The van der Waals surface area contributed by atoms with Crippen LogP contribution in [0.15, 0.2) is 29.6 Å². The van der Waals surface area contributed by atoms with Gasteiger partial charge < -0.3 is 15.2 Å². The van der Waals surface area contributed by atoms with Crippen molar-refractivity contribution in [3.63, 3.8) is 0 Å². The van der Waals surface area contributed by atoms with Crippen LogP contribution < -0.4 is 5.32 Å². The summed E-state index contributed by atoms with van der Waals surface area (Å²) < 4.78 is 4.83. The average molecular weight is 347 g/mol. The lowest BCUT2D eigenvalue weighted by molar-refractivity contribution is -0.138. The molecule has 1 aromatic heterocycles. The molecule has 0 aliphatic heterocycles. The van der Waals surface area contributed by atoms with E-state index in [0.717, 1.165) is 11.1 Å². The molecule has 0 fully saturated rings. The van der Waals surface area contributed by atoms with E-state index in [9.17, 15) is 14.4 Å². The van der Waals surface area contributed by atoms with Gasteiger partial charge in [-0.05, 0) is 12.5 Å². The summed E-state index contributed by atoms with van der Waals surface area (Å²) in [5.41, 5.74) is 2.83. The zero-order valence-corrected chi connectivity index (χ0v) is 14.1. The number of aliphatic carboxylic acids is 1. The number of hydrogen-bond acceptors (Lipinski definition) is 5. The Bertz CT molecular complexity index is 781. The first-order valence-corrected chi connectivity index (χ1v) is 8.08. The van der Waals surface area contributed by atoms with Gasteiger partial charge in [-0.25, -0.2) is 4.79 Å². The second-order valence-corrected chi connectivity index (χ2v) is 6.04. The molecular formula is C17H17NO5S. The van der Waals surface area contributed by atoms with Crippen molar-refractivity contribution < 1.29 is 24.2 Å². The molecule has 6 nitrogen and oxygen atoms in total. The Morgan fingerprint density at radius 3 is 2.62 bits per heavy atom. The monoisotopic (exact) mass is 347 g/mol. The first-order chi connectivity index (χ1) is 11.4. The van der Waals surface area contributed by atoms with Gasteiger partial charge >= 0.3 is 11.9 Å². The van der Waals surface area contributed by atoms with Crippen molar-refractivity contribution in [3.8, 4) is 11.1 Å². The number of carbonyl (C=O) groups excluding carboxylic acids is 2. The van der Waals surface area contributed by atoms with E-state index in [2.05, 4.69) is 5.32 Å². The van der Waals surface area contributed by atoms with Gasteiger partial charge in [0.1, 0.15) is 10.6 Å². The molecule has 0 saturated carbocycles. The molecule has 0 bridgehead atoms. The van der Waals surface area contributed by atoms with E-state index in [1.54, 1.807) is 5.38 Å². The summed E-state index contributed by atoms with van der Waals surface area (Å²) >= 11 is 1.20. The molecule has 0 unspecified atom stereocenters. The maximum atomic E-state index is 12.2. The number of benzene rings is 1. The molecule has 0 saturated heterocycles. The zero-order chi connectivity index (χ0) is 17.7. The quantitative estimate of drug-likeness (QED) is 0.782. The van der Waals surface area contributed by atoms with Crippen molar-refractivity contribution in [2.75, 3.05) is 12.4 Å². The Labute approximate surface area is 143 Å². The Morgan fingerprint density at radius 2 is 2.00 bits per heavy atom. The van der Waals surface area contributed by atoms with E-state index in [-0.39, 0.29) is 18.4 Å². The fourth-order valence-corrected chi connectivity index (χ4v) is 3.16. The number of carboxylic acid groups (broad SMARTS) is 1. The molecule has 0 spiro atoms. The lowest BCUT2D eigenvalue weighted by Crippen LogP contribution is -2.15. The van der Waals surface area contributed by atoms with E-state index in [1.807, 2.05) is 31.2 Å². The number of methoxy groups -OCH3 is 1. The van der Waals surface area contributed by atoms with Gasteiger partial charge in [0, 0.05) is 17.4 Å². The van der Waals surface area contributed by atoms with Gasteiger partial charge in [0.05, 0.1) is 13.5 Å². The molecule has 0 aliphatic carbocycles. The number of anilines is 1. The molecule has 0 aliphatic rings. The van der Waals surface area contributed by atoms with Crippen molar-refractivity contribution in [1.82, 2.24) is 0 Å². The van der Waals surface area contributed by atoms with Crippen LogP contribution in [0.25, 0.3) is 11.1 Å². The third-order valence-electron chi connectivity index (χ3n) is 3.33. The minimum atomic E-state index is -1.05. The van der Waals surface area contributed by atoms with Crippen molar-refractivity contribution in [2.24, 2.45) is 0 Å². The van der Waals surface area contributed by atoms with Crippen LogP contribution in [0.2, 0.25) is 0 Å². The molecule has 0 atom stereocenters. The smallest absolute Gasteiger partial charge is 0.341 e. The molecular weight excluding hydrogens is 330 g/mol. The molecule has 7 heteroatoms. The van der Waals surface area contributed by atoms with E-state index in [1.165, 1.54) is 18.4 Å². The maximum Gasteiger partial charge on any atom is 0.341 e. The van der Waals surface area contributed by atoms with Crippen LogP contribution in [0, 0.1) is 6.92 Å². The number of hydrogen-bond donors (Lipinski definition) is 2. The van der Waals surface area contributed by atoms with Crippen molar-refractivity contribution in [3.05, 3.63) is 40.8 Å². The summed E-state index contributed by atoms with van der Waals surface area (Å²) in [7, 11) is 1.27. The summed E-state index contributed by atoms with van der Waals surface area (Å²) in [6, 6.07) is 7.64. The SMILES string of the molecule is COC(=O)c1c(-c2cccc(C)c2)csc1NC(=O)CCC(=O)O. The van der Waals surface area contributed by atoms with Crippen LogP contribution in [-0.4, -0.2) is 30.1 Å². The minimum absolute atomic E-state index is 0.159. The second-order valence-electron chi connectivity index (χ2n) is 5.16. The van der Waals surface area contributed by atoms with Crippen LogP contribution in [0.1, 0.15) is 28.8 Å². The van der Waals surface area contributed by atoms with Crippen LogP contribution in [0.4, 0.5) is 5.00 Å². The molecule has 0 radical (unpaired) electrons. The van der Waals surface area contributed by atoms with E-state index in [4.69, 9.17) is 9.84 Å². The predicted molar refractivity (Wildman–Crippen MR) is 91.3 cm³/mol. The number of rotatable bonds is 6. The Hall–Kier alpha value is -2.67. The van der Waals surface area contributed by atoms with Crippen molar-refractivity contribution in [1.29, 1.82) is 0 Å². The molecule has 2 aromatic rings. The van der Waals surface area contributed by atoms with Gasteiger partial charge in [-0.1, -0.05) is 29.8 Å². The summed E-state index contributed by atoms with van der Waals surface area (Å²) in [6.07, 6.45) is -0.427. The predicted octanol–water partition coefficient (Wildman–Crippen LogP) is 3.31.